The van der Waals surface area contributed by atoms with Crippen LogP contribution in [0.5, 0.6) is 0 Å². The predicted octanol–water partition coefficient (Wildman–Crippen LogP) is 3.15. The van der Waals surface area contributed by atoms with E-state index >= 15 is 0 Å². The van der Waals surface area contributed by atoms with Gasteiger partial charge in [-0.1, -0.05) is 0 Å². The summed E-state index contributed by atoms with van der Waals surface area (Å²) in [5.74, 6) is 0. The Kier molecular flexibility index (Phi) is 49700. The van der Waals surface area contributed by atoms with E-state index in [1.807, 2.05) is 0 Å². The van der Waals surface area contributed by atoms with Crippen LogP contribution >= 0.6 is 0 Å². The number of rotatable bonds is 0. The second-order valence-electron chi connectivity index (χ2n) is 0. The average molecular weight is 223 g/mol. The molecule has 0 fully saturated rings. The van der Waals surface area contributed by atoms with E-state index < -0.39 is 0 Å². The Morgan fingerprint density at radius 2 is 0.333 bits per heavy atom. The van der Waals surface area contributed by atoms with E-state index in [0.29, 0.717) is 0 Å². The molecule has 0 nitrogen and oxygen atoms in total. The van der Waals surface area contributed by atoms with E-state index in [1.165, 1.54) is 0 Å². The molecule has 0 atom stereocenters. The molecule has 0 heterocycles. The van der Waals surface area contributed by atoms with Gasteiger partial charge in [0.15, 0.2) is 0 Å². The zero-order valence-corrected chi connectivity index (χ0v) is 9.75. The summed E-state index contributed by atoms with van der Waals surface area (Å²) in [4.78, 5) is 0. The molecule has 71 valence electrons. The summed E-state index contributed by atoms with van der Waals surface area (Å²) in [7, 11) is 0. The SMILES string of the molecule is [CH3-].[CH3-].[CH3-].[CH3-].[CH3-].[CH3-].[CH3-].[Co+3].[Co]. The molecule has 0 saturated heterocycles. The Bertz CT molecular complexity index is 6.88. The Balaban J connectivity index is 0. The summed E-state index contributed by atoms with van der Waals surface area (Å²) in [6, 6.07) is 0. The van der Waals surface area contributed by atoms with Gasteiger partial charge in [-0.25, -0.2) is 0 Å². The monoisotopic (exact) mass is 223 g/mol. The standard InChI is InChI=1S/7CH3.2Co/h7*1H3;;/q7*-1;;+3. The predicted molar refractivity (Wildman–Crippen MR) is 44.9 cm³/mol. The topological polar surface area (TPSA) is 0 Å². The Labute approximate surface area is 85.6 Å². The molecule has 2 heteroatoms. The van der Waals surface area contributed by atoms with Gasteiger partial charge < -0.3 is 52.0 Å². The first kappa shape index (κ1) is 793. The van der Waals surface area contributed by atoms with Crippen LogP contribution in [0.1, 0.15) is 0 Å². The molecule has 0 bridgehead atoms. The van der Waals surface area contributed by atoms with Crippen molar-refractivity contribution in [3.05, 3.63) is 52.0 Å². The molecule has 9 heavy (non-hydrogen) atoms. The minimum atomic E-state index is 0. The van der Waals surface area contributed by atoms with Crippen molar-refractivity contribution in [3.8, 4) is 0 Å². The second-order valence-corrected chi connectivity index (χ2v) is 0. The molecule has 0 aliphatic heterocycles. The van der Waals surface area contributed by atoms with Crippen LogP contribution in [-0.2, 0) is 33.6 Å². The van der Waals surface area contributed by atoms with Crippen LogP contribution in [0.15, 0.2) is 0 Å². The van der Waals surface area contributed by atoms with Gasteiger partial charge in [-0.15, -0.1) is 0 Å². The van der Waals surface area contributed by atoms with Crippen molar-refractivity contribution in [2.45, 2.75) is 0 Å². The van der Waals surface area contributed by atoms with Crippen molar-refractivity contribution in [1.29, 1.82) is 0 Å². The molecule has 1 radical (unpaired) electrons. The fraction of sp³-hybridized carbons (Fsp3) is 0. The van der Waals surface area contributed by atoms with Crippen LogP contribution in [0, 0.1) is 52.0 Å². The normalized spacial score (nSPS) is 0. The summed E-state index contributed by atoms with van der Waals surface area (Å²) in [5, 5.41) is 0. The molecule has 0 aromatic heterocycles. The summed E-state index contributed by atoms with van der Waals surface area (Å²) in [6.45, 7) is 0. The van der Waals surface area contributed by atoms with Crippen molar-refractivity contribution in [2.24, 2.45) is 0 Å². The maximum atomic E-state index is 0. The summed E-state index contributed by atoms with van der Waals surface area (Å²) in [6.07, 6.45) is 0. The molecule has 0 N–H and O–H groups in total. The van der Waals surface area contributed by atoms with Gasteiger partial charge in [-0.05, 0) is 0 Å². The average Bonchev–Trinajstić information content (AvgIpc) is 0. The maximum absolute atomic E-state index is 0. The molecule has 0 saturated carbocycles. The van der Waals surface area contributed by atoms with Gasteiger partial charge in [0.2, 0.25) is 0 Å². The van der Waals surface area contributed by atoms with Gasteiger partial charge in [0.1, 0.15) is 0 Å². The summed E-state index contributed by atoms with van der Waals surface area (Å²) in [5.41, 5.74) is 0. The van der Waals surface area contributed by atoms with Gasteiger partial charge in [-0.2, -0.15) is 0 Å². The molecular weight excluding hydrogens is 202 g/mol. The summed E-state index contributed by atoms with van der Waals surface area (Å²) < 4.78 is 0. The second kappa shape index (κ2) is 564. The number of hydrogen-bond donors (Lipinski definition) is 0. The first-order chi connectivity index (χ1) is 0. The van der Waals surface area contributed by atoms with E-state index in [0.717, 1.165) is 0 Å². The van der Waals surface area contributed by atoms with E-state index in [2.05, 4.69) is 0 Å². The van der Waals surface area contributed by atoms with E-state index in [9.17, 15) is 0 Å². The van der Waals surface area contributed by atoms with Crippen LogP contribution < -0.4 is 0 Å². The molecule has 0 aliphatic carbocycles. The molecule has 0 unspecified atom stereocenters. The van der Waals surface area contributed by atoms with Gasteiger partial charge >= 0.3 is 16.8 Å². The minimum absolute atomic E-state index is 0. The molecule has 0 spiro atoms. The first-order valence-electron chi connectivity index (χ1n) is 0. The molecule has 0 amide bonds. The molecule has 0 aromatic carbocycles. The van der Waals surface area contributed by atoms with Gasteiger partial charge in [0.25, 0.3) is 0 Å². The van der Waals surface area contributed by atoms with Crippen molar-refractivity contribution in [2.75, 3.05) is 0 Å². The van der Waals surface area contributed by atoms with Crippen molar-refractivity contribution in [3.63, 3.8) is 0 Å². The Morgan fingerprint density at radius 1 is 0.333 bits per heavy atom. The van der Waals surface area contributed by atoms with Crippen molar-refractivity contribution in [1.82, 2.24) is 0 Å². The third kappa shape index (κ3) is 432. The van der Waals surface area contributed by atoms with Gasteiger partial charge in [0.05, 0.1) is 0 Å². The Morgan fingerprint density at radius 3 is 0.333 bits per heavy atom. The fourth-order valence-electron chi connectivity index (χ4n) is 0. The zero-order chi connectivity index (χ0) is 0. The fourth-order valence-corrected chi connectivity index (χ4v) is 0. The largest absolute Gasteiger partial charge is 3.00 e. The Hall–Kier alpha value is 1.01. The zero-order valence-electron chi connectivity index (χ0n) is 7.67. The van der Waals surface area contributed by atoms with Crippen LogP contribution in [-0.4, -0.2) is 0 Å². The third-order valence-electron chi connectivity index (χ3n) is 0. The minimum Gasteiger partial charge on any atom is -0.358 e. The first-order valence-corrected chi connectivity index (χ1v) is 0. The van der Waals surface area contributed by atoms with Crippen LogP contribution in [0.2, 0.25) is 0 Å². The summed E-state index contributed by atoms with van der Waals surface area (Å²) >= 11 is 0. The molecule has 0 aliphatic rings. The quantitative estimate of drug-likeness (QED) is 0.553. The van der Waals surface area contributed by atoms with E-state index in [4.69, 9.17) is 0 Å². The van der Waals surface area contributed by atoms with Crippen molar-refractivity contribution < 1.29 is 33.6 Å². The van der Waals surface area contributed by atoms with Crippen LogP contribution in [0.25, 0.3) is 0 Å². The molecule has 0 rings (SSSR count). The van der Waals surface area contributed by atoms with Crippen LogP contribution in [0.3, 0.4) is 0 Å². The van der Waals surface area contributed by atoms with Gasteiger partial charge in [0, 0.05) is 16.8 Å². The third-order valence-corrected chi connectivity index (χ3v) is 0. The smallest absolute Gasteiger partial charge is 0.358 e. The van der Waals surface area contributed by atoms with E-state index in [-0.39, 0.29) is 85.5 Å². The van der Waals surface area contributed by atoms with Crippen molar-refractivity contribution >= 4 is 0 Å². The molecule has 0 aromatic rings. The number of hydrogen-bond acceptors (Lipinski definition) is 0. The maximum Gasteiger partial charge on any atom is 3.00 e. The van der Waals surface area contributed by atoms with Gasteiger partial charge in [-0.3, -0.25) is 0 Å². The van der Waals surface area contributed by atoms with Crippen LogP contribution in [0.4, 0.5) is 0 Å². The molecular formula is C7H21Co2-4. The van der Waals surface area contributed by atoms with E-state index in [1.54, 1.807) is 0 Å².